The Morgan fingerprint density at radius 1 is 0.933 bits per heavy atom. The molecule has 0 bridgehead atoms. The zero-order chi connectivity index (χ0) is 20.7. The first kappa shape index (κ1) is 19.9. The SMILES string of the molecule is CC1(C)CN=C(N2CCN(C[C@@H](O)Cn3c4ccccc4c4ccccc43)CC2)S1. The molecule has 1 N–H and O–H groups in total. The normalized spacial score (nSPS) is 20.8. The fourth-order valence-electron chi connectivity index (χ4n) is 4.62. The summed E-state index contributed by atoms with van der Waals surface area (Å²) < 4.78 is 2.50. The second kappa shape index (κ2) is 7.91. The van der Waals surface area contributed by atoms with Crippen LogP contribution >= 0.6 is 11.8 Å². The Labute approximate surface area is 182 Å². The molecule has 1 atom stereocenters. The quantitative estimate of drug-likeness (QED) is 0.697. The number of thioether (sulfide) groups is 1. The van der Waals surface area contributed by atoms with Crippen LogP contribution in [0.4, 0.5) is 0 Å². The molecule has 1 fully saturated rings. The molecule has 2 aliphatic heterocycles. The number of benzene rings is 2. The van der Waals surface area contributed by atoms with Gasteiger partial charge in [-0.3, -0.25) is 9.89 Å². The number of aromatic nitrogens is 1. The number of aliphatic hydroxyl groups excluding tert-OH is 1. The highest BCUT2D eigenvalue weighted by molar-refractivity contribution is 8.15. The molecule has 0 unspecified atom stereocenters. The van der Waals surface area contributed by atoms with Crippen molar-refractivity contribution in [2.24, 2.45) is 4.99 Å². The Balaban J connectivity index is 1.24. The van der Waals surface area contributed by atoms with E-state index in [2.05, 4.69) is 76.7 Å². The minimum absolute atomic E-state index is 0.227. The molecular formula is C24H30N4OS. The molecule has 1 saturated heterocycles. The Kier molecular flexibility index (Phi) is 5.25. The van der Waals surface area contributed by atoms with Crippen molar-refractivity contribution in [1.29, 1.82) is 0 Å². The maximum absolute atomic E-state index is 10.9. The van der Waals surface area contributed by atoms with E-state index in [1.807, 2.05) is 11.8 Å². The molecule has 5 nitrogen and oxygen atoms in total. The van der Waals surface area contributed by atoms with Crippen LogP contribution in [0.15, 0.2) is 53.5 Å². The molecule has 0 spiro atoms. The average molecular weight is 423 g/mol. The van der Waals surface area contributed by atoms with Gasteiger partial charge in [-0.2, -0.15) is 0 Å². The minimum atomic E-state index is -0.395. The van der Waals surface area contributed by atoms with Gasteiger partial charge >= 0.3 is 0 Å². The summed E-state index contributed by atoms with van der Waals surface area (Å²) in [7, 11) is 0. The van der Waals surface area contributed by atoms with Crippen LogP contribution in [0.5, 0.6) is 0 Å². The summed E-state index contributed by atoms with van der Waals surface area (Å²) >= 11 is 1.90. The van der Waals surface area contributed by atoms with Crippen molar-refractivity contribution >= 4 is 38.7 Å². The third-order valence-corrected chi connectivity index (χ3v) is 7.40. The second-order valence-corrected chi connectivity index (χ2v) is 10.7. The Bertz CT molecular complexity index is 1030. The number of aliphatic imine (C=N–C) groups is 1. The highest BCUT2D eigenvalue weighted by Gasteiger charge is 2.31. The maximum atomic E-state index is 10.9. The minimum Gasteiger partial charge on any atom is -0.390 e. The number of amidine groups is 1. The average Bonchev–Trinajstić information content (AvgIpc) is 3.27. The van der Waals surface area contributed by atoms with E-state index < -0.39 is 6.10 Å². The van der Waals surface area contributed by atoms with E-state index in [4.69, 9.17) is 4.99 Å². The third-order valence-electron chi connectivity index (χ3n) is 6.15. The first-order valence-corrected chi connectivity index (χ1v) is 11.7. The van der Waals surface area contributed by atoms with Gasteiger partial charge in [-0.1, -0.05) is 48.2 Å². The molecule has 30 heavy (non-hydrogen) atoms. The lowest BCUT2D eigenvalue weighted by molar-refractivity contribution is 0.0808. The van der Waals surface area contributed by atoms with Crippen LogP contribution in [0.3, 0.4) is 0 Å². The lowest BCUT2D eigenvalue weighted by Crippen LogP contribution is -2.50. The standard InChI is InChI=1S/C24H30N4OS/c1-24(2)17-25-23(30-24)27-13-11-26(12-14-27)15-18(29)16-28-21-9-5-3-7-19(21)20-8-4-6-10-22(20)28/h3-10,18,29H,11-17H2,1-2H3/t18-/m1/s1. The van der Waals surface area contributed by atoms with Crippen LogP contribution < -0.4 is 0 Å². The Morgan fingerprint density at radius 3 is 2.10 bits per heavy atom. The molecule has 2 aliphatic rings. The number of piperazine rings is 1. The molecule has 0 radical (unpaired) electrons. The summed E-state index contributed by atoms with van der Waals surface area (Å²) in [6.07, 6.45) is -0.395. The molecule has 0 aliphatic carbocycles. The van der Waals surface area contributed by atoms with Gasteiger partial charge in [-0.25, -0.2) is 0 Å². The number of fused-ring (bicyclic) bond motifs is 3. The van der Waals surface area contributed by atoms with Crippen molar-refractivity contribution in [3.05, 3.63) is 48.5 Å². The molecule has 0 saturated carbocycles. The van der Waals surface area contributed by atoms with Gasteiger partial charge in [0.25, 0.3) is 0 Å². The highest BCUT2D eigenvalue weighted by atomic mass is 32.2. The van der Waals surface area contributed by atoms with Crippen molar-refractivity contribution in [2.45, 2.75) is 31.2 Å². The smallest absolute Gasteiger partial charge is 0.159 e. The molecule has 2 aromatic carbocycles. The maximum Gasteiger partial charge on any atom is 0.159 e. The van der Waals surface area contributed by atoms with Gasteiger partial charge in [0.15, 0.2) is 5.17 Å². The molecular weight excluding hydrogens is 392 g/mol. The third kappa shape index (κ3) is 3.84. The van der Waals surface area contributed by atoms with E-state index in [0.717, 1.165) is 32.7 Å². The van der Waals surface area contributed by atoms with Gasteiger partial charge in [-0.15, -0.1) is 0 Å². The monoisotopic (exact) mass is 422 g/mol. The predicted octanol–water partition coefficient (Wildman–Crippen LogP) is 3.65. The molecule has 6 heteroatoms. The van der Waals surface area contributed by atoms with Gasteiger partial charge < -0.3 is 14.6 Å². The first-order valence-electron chi connectivity index (χ1n) is 10.8. The fraction of sp³-hybridized carbons (Fsp3) is 0.458. The van der Waals surface area contributed by atoms with Crippen molar-refractivity contribution in [1.82, 2.24) is 14.4 Å². The van der Waals surface area contributed by atoms with Crippen LogP contribution in [0.2, 0.25) is 0 Å². The first-order chi connectivity index (χ1) is 14.5. The summed E-state index contributed by atoms with van der Waals surface area (Å²) in [5.74, 6) is 0. The number of hydrogen-bond acceptors (Lipinski definition) is 5. The number of rotatable bonds is 4. The molecule has 158 valence electrons. The van der Waals surface area contributed by atoms with Gasteiger partial charge in [0.05, 0.1) is 19.2 Å². The van der Waals surface area contributed by atoms with Gasteiger partial charge in [0.2, 0.25) is 0 Å². The topological polar surface area (TPSA) is 44.0 Å². The summed E-state index contributed by atoms with van der Waals surface area (Å²) in [6, 6.07) is 17.0. The summed E-state index contributed by atoms with van der Waals surface area (Å²) in [5.41, 5.74) is 2.39. The Hall–Kier alpha value is -2.02. The lowest BCUT2D eigenvalue weighted by atomic mass is 10.2. The summed E-state index contributed by atoms with van der Waals surface area (Å²) in [5, 5.41) is 14.6. The van der Waals surface area contributed by atoms with Crippen LogP contribution in [0.1, 0.15) is 13.8 Å². The van der Waals surface area contributed by atoms with Crippen LogP contribution in [0.25, 0.3) is 21.8 Å². The summed E-state index contributed by atoms with van der Waals surface area (Å²) in [4.78, 5) is 9.54. The van der Waals surface area contributed by atoms with Crippen LogP contribution in [-0.4, -0.2) is 74.8 Å². The predicted molar refractivity (Wildman–Crippen MR) is 127 cm³/mol. The number of hydrogen-bond donors (Lipinski definition) is 1. The van der Waals surface area contributed by atoms with Crippen molar-refractivity contribution in [2.75, 3.05) is 39.3 Å². The molecule has 0 amide bonds. The number of aliphatic hydroxyl groups is 1. The van der Waals surface area contributed by atoms with Gasteiger partial charge in [0.1, 0.15) is 0 Å². The van der Waals surface area contributed by atoms with E-state index in [1.165, 1.54) is 27.0 Å². The zero-order valence-corrected chi connectivity index (χ0v) is 18.6. The van der Waals surface area contributed by atoms with E-state index in [9.17, 15) is 5.11 Å². The van der Waals surface area contributed by atoms with Crippen LogP contribution in [-0.2, 0) is 6.54 Å². The van der Waals surface area contributed by atoms with E-state index in [0.29, 0.717) is 13.1 Å². The summed E-state index contributed by atoms with van der Waals surface area (Å²) in [6.45, 7) is 10.7. The number of β-amino-alcohol motifs (C(OH)–C–C–N with tert-alkyl or cyclic N) is 1. The fourth-order valence-corrected chi connectivity index (χ4v) is 5.69. The molecule has 1 aromatic heterocycles. The number of para-hydroxylation sites is 2. The van der Waals surface area contributed by atoms with E-state index in [-0.39, 0.29) is 4.75 Å². The molecule has 3 heterocycles. The number of nitrogens with zero attached hydrogens (tertiary/aromatic N) is 4. The lowest BCUT2D eigenvalue weighted by Gasteiger charge is -2.36. The largest absolute Gasteiger partial charge is 0.390 e. The molecule has 5 rings (SSSR count). The van der Waals surface area contributed by atoms with Crippen molar-refractivity contribution in [3.8, 4) is 0 Å². The van der Waals surface area contributed by atoms with Gasteiger partial charge in [0, 0.05) is 59.3 Å². The molecule has 3 aromatic rings. The van der Waals surface area contributed by atoms with Crippen LogP contribution in [0, 0.1) is 0 Å². The van der Waals surface area contributed by atoms with E-state index in [1.54, 1.807) is 0 Å². The highest BCUT2D eigenvalue weighted by Crippen LogP contribution is 2.33. The van der Waals surface area contributed by atoms with Gasteiger partial charge in [-0.05, 0) is 26.0 Å². The van der Waals surface area contributed by atoms with E-state index >= 15 is 0 Å². The Morgan fingerprint density at radius 2 is 1.53 bits per heavy atom. The van der Waals surface area contributed by atoms with Crippen molar-refractivity contribution in [3.63, 3.8) is 0 Å². The van der Waals surface area contributed by atoms with Crippen molar-refractivity contribution < 1.29 is 5.11 Å². The zero-order valence-electron chi connectivity index (χ0n) is 17.8. The second-order valence-electron chi connectivity index (χ2n) is 9.05.